The van der Waals surface area contributed by atoms with E-state index in [1.165, 1.54) is 24.3 Å². The number of morpholine rings is 1. The molecule has 0 spiro atoms. The first kappa shape index (κ1) is 39.3. The molecule has 1 fully saturated rings. The number of nitrogens with one attached hydrogen (secondary N) is 3. The smallest absolute Gasteiger partial charge is 0.324 e. The summed E-state index contributed by atoms with van der Waals surface area (Å²) in [6.45, 7) is 18.0. The highest BCUT2D eigenvalue weighted by Gasteiger charge is 2.23. The molecule has 1 aromatic heterocycles. The molecule has 12 nitrogen and oxygen atoms in total. The molecule has 1 saturated heterocycles. The maximum atomic E-state index is 13.4. The second-order valence-electron chi connectivity index (χ2n) is 12.7. The van der Waals surface area contributed by atoms with Crippen LogP contribution in [0.4, 0.5) is 10.6 Å². The van der Waals surface area contributed by atoms with E-state index in [1.807, 2.05) is 26.8 Å². The summed E-state index contributed by atoms with van der Waals surface area (Å²) in [6, 6.07) is 15.1. The van der Waals surface area contributed by atoms with Crippen LogP contribution in [0.25, 0.3) is 5.69 Å². The summed E-state index contributed by atoms with van der Waals surface area (Å²) in [5.74, 6) is 0.0325. The van der Waals surface area contributed by atoms with Crippen molar-refractivity contribution in [3.05, 3.63) is 145 Å². The number of carbonyl (C=O) groups is 2. The van der Waals surface area contributed by atoms with Crippen LogP contribution in [0.5, 0.6) is 0 Å². The molecule has 0 aliphatic carbocycles. The summed E-state index contributed by atoms with van der Waals surface area (Å²) >= 11 is 0. The molecule has 0 atom stereocenters. The molecular formula is C39H46N6O6S. The number of rotatable bonds is 15. The van der Waals surface area contributed by atoms with E-state index in [9.17, 15) is 18.0 Å². The fourth-order valence-corrected chi connectivity index (χ4v) is 5.77. The maximum Gasteiger partial charge on any atom is 0.324 e. The van der Waals surface area contributed by atoms with E-state index in [4.69, 9.17) is 14.6 Å². The number of urea groups is 1. The van der Waals surface area contributed by atoms with Crippen LogP contribution in [0, 0.1) is 0 Å². The molecule has 3 N–H and O–H groups in total. The van der Waals surface area contributed by atoms with Crippen molar-refractivity contribution >= 4 is 27.8 Å². The molecular weight excluding hydrogens is 681 g/mol. The summed E-state index contributed by atoms with van der Waals surface area (Å²) < 4.78 is 40.2. The standard InChI is InChI=1S/C39H46N6O6S/c1-6-7-8-9-11-14-32(20-17-30(2)51-28-25-44-23-26-50-27-24-44)40-38(47)41-36-29-35(39(3,4)5)42-45(36)33-21-18-31(19-22-33)37(46)43-52(48,49)34-15-12-10-13-16-34/h6-22,29H,1-2,23-28H2,3-5H3,(H,43,46)(H2,40,41,47)/b8-7-,11-9-,20-17-,32-14+. The number of aromatic nitrogens is 2. The molecule has 0 unspecified atom stereocenters. The van der Waals surface area contributed by atoms with Crippen LogP contribution in [-0.4, -0.2) is 74.5 Å². The molecule has 1 aliphatic rings. The van der Waals surface area contributed by atoms with E-state index in [0.717, 1.165) is 19.6 Å². The zero-order chi connectivity index (χ0) is 37.6. The Kier molecular flexibility index (Phi) is 14.1. The largest absolute Gasteiger partial charge is 0.493 e. The van der Waals surface area contributed by atoms with Crippen molar-refractivity contribution in [3.8, 4) is 5.69 Å². The quantitative estimate of drug-likeness (QED) is 0.128. The Bertz CT molecular complexity index is 1930. The number of ether oxygens (including phenoxy) is 2. The van der Waals surface area contributed by atoms with Crippen molar-refractivity contribution in [2.45, 2.75) is 31.1 Å². The van der Waals surface area contributed by atoms with Gasteiger partial charge in [0.1, 0.15) is 18.2 Å². The topological polar surface area (TPSA) is 144 Å². The average Bonchev–Trinajstić information content (AvgIpc) is 3.55. The molecule has 4 rings (SSSR count). The van der Waals surface area contributed by atoms with Gasteiger partial charge in [-0.1, -0.05) is 82.5 Å². The number of nitrogens with zero attached hydrogens (tertiary/aromatic N) is 3. The number of allylic oxidation sites excluding steroid dienone is 8. The van der Waals surface area contributed by atoms with Crippen LogP contribution in [0.1, 0.15) is 36.8 Å². The van der Waals surface area contributed by atoms with Crippen LogP contribution < -0.4 is 15.4 Å². The number of amides is 3. The van der Waals surface area contributed by atoms with Gasteiger partial charge in [0.25, 0.3) is 15.9 Å². The van der Waals surface area contributed by atoms with Crippen LogP contribution in [-0.2, 0) is 24.9 Å². The summed E-state index contributed by atoms with van der Waals surface area (Å²) in [7, 11) is -4.05. The Morgan fingerprint density at radius 3 is 2.35 bits per heavy atom. The SMILES string of the molecule is C=C\C=C/C=C\C=C(/C=C\C(=C)OCCN1CCOCC1)NC(=O)Nc1cc(C(C)(C)C)nn1-c1ccc(C(=O)NS(=O)(=O)c2ccccc2)cc1. The van der Waals surface area contributed by atoms with Crippen molar-refractivity contribution in [3.63, 3.8) is 0 Å². The molecule has 3 aromatic rings. The molecule has 3 amide bonds. The van der Waals surface area contributed by atoms with Gasteiger partial charge in [-0.05, 0) is 54.6 Å². The minimum absolute atomic E-state index is 0.0213. The Morgan fingerprint density at radius 2 is 1.67 bits per heavy atom. The average molecular weight is 727 g/mol. The number of hydrogen-bond donors (Lipinski definition) is 3. The zero-order valence-corrected chi connectivity index (χ0v) is 30.6. The van der Waals surface area contributed by atoms with E-state index < -0.39 is 22.0 Å². The van der Waals surface area contributed by atoms with E-state index in [0.29, 0.717) is 48.5 Å². The van der Waals surface area contributed by atoms with Gasteiger partial charge in [0.05, 0.1) is 29.5 Å². The first-order valence-corrected chi connectivity index (χ1v) is 18.2. The summed E-state index contributed by atoms with van der Waals surface area (Å²) in [5, 5.41) is 10.5. The first-order chi connectivity index (χ1) is 24.9. The van der Waals surface area contributed by atoms with Gasteiger partial charge >= 0.3 is 6.03 Å². The summed E-state index contributed by atoms with van der Waals surface area (Å²) in [5.41, 5.74) is 1.47. The third-order valence-corrected chi connectivity index (χ3v) is 8.97. The van der Waals surface area contributed by atoms with Crippen LogP contribution >= 0.6 is 0 Å². The zero-order valence-electron chi connectivity index (χ0n) is 29.7. The third kappa shape index (κ3) is 12.1. The van der Waals surface area contributed by atoms with Crippen molar-refractivity contribution in [2.24, 2.45) is 0 Å². The second-order valence-corrected chi connectivity index (χ2v) is 14.4. The molecule has 13 heteroatoms. The lowest BCUT2D eigenvalue weighted by atomic mass is 9.92. The minimum atomic E-state index is -4.05. The number of benzene rings is 2. The van der Waals surface area contributed by atoms with Gasteiger partial charge < -0.3 is 14.8 Å². The lowest BCUT2D eigenvalue weighted by molar-refractivity contribution is 0.0282. The van der Waals surface area contributed by atoms with Gasteiger partial charge in [-0.3, -0.25) is 15.0 Å². The predicted molar refractivity (Wildman–Crippen MR) is 204 cm³/mol. The monoisotopic (exact) mass is 726 g/mol. The normalized spacial score (nSPS) is 14.5. The van der Waals surface area contributed by atoms with Crippen molar-refractivity contribution < 1.29 is 27.5 Å². The molecule has 0 bridgehead atoms. The van der Waals surface area contributed by atoms with Gasteiger partial charge in [-0.25, -0.2) is 22.6 Å². The third-order valence-electron chi connectivity index (χ3n) is 7.62. The molecule has 52 heavy (non-hydrogen) atoms. The second kappa shape index (κ2) is 18.7. The van der Waals surface area contributed by atoms with Crippen molar-refractivity contribution in [2.75, 3.05) is 44.8 Å². The first-order valence-electron chi connectivity index (χ1n) is 16.7. The van der Waals surface area contributed by atoms with Crippen molar-refractivity contribution in [1.29, 1.82) is 0 Å². The lowest BCUT2D eigenvalue weighted by Crippen LogP contribution is -2.38. The van der Waals surface area contributed by atoms with E-state index in [2.05, 4.69) is 33.4 Å². The Balaban J connectivity index is 1.48. The number of anilines is 1. The minimum Gasteiger partial charge on any atom is -0.493 e. The van der Waals surface area contributed by atoms with E-state index >= 15 is 0 Å². The maximum absolute atomic E-state index is 13.4. The van der Waals surface area contributed by atoms with Crippen molar-refractivity contribution in [1.82, 2.24) is 24.7 Å². The van der Waals surface area contributed by atoms with E-state index in [-0.39, 0.29) is 15.9 Å². The molecule has 1 aliphatic heterocycles. The molecule has 274 valence electrons. The molecule has 2 aromatic carbocycles. The Morgan fingerprint density at radius 1 is 0.981 bits per heavy atom. The number of hydrogen-bond acceptors (Lipinski definition) is 8. The van der Waals surface area contributed by atoms with E-state index in [1.54, 1.807) is 83.6 Å². The predicted octanol–water partition coefficient (Wildman–Crippen LogP) is 6.01. The summed E-state index contributed by atoms with van der Waals surface area (Å²) in [6.07, 6.45) is 13.9. The van der Waals surface area contributed by atoms with Crippen LogP contribution in [0.2, 0.25) is 0 Å². The highest BCUT2D eigenvalue weighted by Crippen LogP contribution is 2.26. The fraction of sp³-hybridized carbons (Fsp3) is 0.256. The Labute approximate surface area is 305 Å². The van der Waals surface area contributed by atoms with Gasteiger partial charge in [0.15, 0.2) is 0 Å². The fourth-order valence-electron chi connectivity index (χ4n) is 4.77. The summed E-state index contributed by atoms with van der Waals surface area (Å²) in [4.78, 5) is 28.5. The Hall–Kier alpha value is -5.50. The van der Waals surface area contributed by atoms with Gasteiger partial charge in [-0.2, -0.15) is 5.10 Å². The van der Waals surface area contributed by atoms with Gasteiger partial charge in [0.2, 0.25) is 0 Å². The van der Waals surface area contributed by atoms with Gasteiger partial charge in [-0.15, -0.1) is 0 Å². The molecule has 0 saturated carbocycles. The number of carbonyl (C=O) groups excluding carboxylic acids is 2. The van der Waals surface area contributed by atoms with Gasteiger partial charge in [0, 0.05) is 42.4 Å². The number of sulfonamides is 1. The highest BCUT2D eigenvalue weighted by atomic mass is 32.2. The highest BCUT2D eigenvalue weighted by molar-refractivity contribution is 7.90. The van der Waals surface area contributed by atoms with Crippen LogP contribution in [0.15, 0.2) is 139 Å². The lowest BCUT2D eigenvalue weighted by Gasteiger charge is -2.26. The molecule has 2 heterocycles. The van der Waals surface area contributed by atoms with Crippen LogP contribution in [0.3, 0.4) is 0 Å². The molecule has 0 radical (unpaired) electrons.